The molecule has 0 saturated carbocycles. The van der Waals surface area contributed by atoms with Crippen molar-refractivity contribution in [2.75, 3.05) is 79.7 Å². The highest BCUT2D eigenvalue weighted by Crippen LogP contribution is 2.20. The predicted octanol–water partition coefficient (Wildman–Crippen LogP) is 1.63. The van der Waals surface area contributed by atoms with E-state index in [1.807, 2.05) is 52.3 Å². The number of alkyl halides is 4. The van der Waals surface area contributed by atoms with Crippen LogP contribution in [0.1, 0.15) is 48.9 Å². The van der Waals surface area contributed by atoms with Gasteiger partial charge in [0.2, 0.25) is 23.6 Å². The summed E-state index contributed by atoms with van der Waals surface area (Å²) in [5.41, 5.74) is 27.0. The Labute approximate surface area is 418 Å². The number of nitrogens with zero attached hydrogens (tertiary/aromatic N) is 4. The van der Waals surface area contributed by atoms with Crippen LogP contribution in [0, 0.1) is 0 Å². The summed E-state index contributed by atoms with van der Waals surface area (Å²) in [6.45, 7) is 2.64. The average Bonchev–Trinajstić information content (AvgIpc) is 3.84. The van der Waals surface area contributed by atoms with Crippen LogP contribution in [-0.4, -0.2) is 146 Å². The number of esters is 1. The number of methoxy groups -OCH3 is 1. The minimum atomic E-state index is -1.27. The van der Waals surface area contributed by atoms with Crippen molar-refractivity contribution in [2.24, 2.45) is 27.9 Å². The number of rotatable bonds is 33. The Balaban J connectivity index is 1.94. The second-order valence-electron chi connectivity index (χ2n) is 15.9. The maximum Gasteiger partial charge on any atom is 0.328 e. The molecule has 0 saturated heterocycles. The lowest BCUT2D eigenvalue weighted by Crippen LogP contribution is -2.59. The number of aromatic amines is 1. The van der Waals surface area contributed by atoms with Crippen molar-refractivity contribution >= 4 is 93.3 Å². The Morgan fingerprint density at radius 2 is 1.19 bits per heavy atom. The zero-order chi connectivity index (χ0) is 49.8. The largest absolute Gasteiger partial charge is 0.467 e. The van der Waals surface area contributed by atoms with Gasteiger partial charge in [-0.25, -0.2) is 9.78 Å². The van der Waals surface area contributed by atoms with Crippen molar-refractivity contribution in [1.29, 1.82) is 0 Å². The number of aromatic nitrogens is 2. The van der Waals surface area contributed by atoms with E-state index in [9.17, 15) is 24.0 Å². The van der Waals surface area contributed by atoms with E-state index in [1.165, 1.54) is 19.6 Å². The molecule has 5 atom stereocenters. The minimum absolute atomic E-state index is 0.0201. The van der Waals surface area contributed by atoms with Crippen molar-refractivity contribution in [3.05, 3.63) is 77.9 Å². The zero-order valence-electron chi connectivity index (χ0n) is 38.4. The Morgan fingerprint density at radius 1 is 0.691 bits per heavy atom. The molecule has 23 heteroatoms. The first kappa shape index (κ1) is 57.3. The fourth-order valence-corrected chi connectivity index (χ4v) is 8.10. The minimum Gasteiger partial charge on any atom is -0.467 e. The van der Waals surface area contributed by atoms with E-state index in [-0.39, 0.29) is 51.0 Å². The topological polar surface area (TPSA) is 294 Å². The number of anilines is 2. The molecule has 13 N–H and O–H groups in total. The molecule has 0 aliphatic heterocycles. The van der Waals surface area contributed by atoms with Gasteiger partial charge >= 0.3 is 5.97 Å². The molecule has 0 fully saturated rings. The highest BCUT2D eigenvalue weighted by molar-refractivity contribution is 6.19. The lowest BCUT2D eigenvalue weighted by molar-refractivity contribution is -0.145. The Hall–Kier alpha value is -5.05. The van der Waals surface area contributed by atoms with Crippen LogP contribution in [0.4, 0.5) is 11.4 Å². The van der Waals surface area contributed by atoms with E-state index >= 15 is 0 Å². The summed E-state index contributed by atoms with van der Waals surface area (Å²) in [5, 5.41) is 11.2. The SMILES string of the molecule is COC(=O)[C@H](Cc1cnc[nH]1)NC(=O)[C@H](Cc1cccc(N(CCCl)CCCl)c1)NC(=O)[C@H](CCCCN)NC(=O)[C@H](CCCN=C(N)N)NC(=O)[C@@H](N)Cc1cccc(N(CCCl)CCCl)c1. The van der Waals surface area contributed by atoms with Crippen molar-refractivity contribution < 1.29 is 28.7 Å². The molecule has 19 nitrogen and oxygen atoms in total. The quantitative estimate of drug-likeness (QED) is 0.0138. The van der Waals surface area contributed by atoms with Crippen LogP contribution in [0.25, 0.3) is 0 Å². The normalized spacial score (nSPS) is 13.2. The number of carbonyl (C=O) groups is 5. The standard InChI is InChI=1S/C45H67Cl4N13O6/c1-68-44(67)39(27-32-28-54-29-56-32)60-43(66)38(26-31-8-5-10-34(24-31)62(21-15-48)22-16-49)59-42(65)36(11-2-3-17-50)58-41(64)37(12-6-18-55-45(52)53)57-40(63)35(51)25-30-7-4-9-33(23-30)61(19-13-46)20-14-47/h4-5,7-10,23-24,28-29,35-39H,2-3,6,11-22,25-27,50-51H2,1H3,(H,54,56)(H,57,63)(H,58,64)(H,59,65)(H,60,66)(H4,52,53,55)/t35-,36-,37-,38-,39-/m0/s1. The number of hydrogen-bond donors (Lipinski definition) is 9. The lowest BCUT2D eigenvalue weighted by atomic mass is 10.0. The fraction of sp³-hybridized carbons (Fsp3) is 0.533. The Kier molecular flexibility index (Phi) is 26.9. The van der Waals surface area contributed by atoms with Gasteiger partial charge in [0.1, 0.15) is 24.2 Å². The van der Waals surface area contributed by atoms with Crippen LogP contribution < -0.4 is 54.0 Å². The molecule has 0 aliphatic carbocycles. The number of carbonyl (C=O) groups excluding carboxylic acids is 5. The summed E-state index contributed by atoms with van der Waals surface area (Å²) in [4.78, 5) is 84.6. The second kappa shape index (κ2) is 31.9. The molecule has 1 aromatic heterocycles. The number of nitrogens with two attached hydrogens (primary N) is 4. The average molecular weight is 1030 g/mol. The number of nitrogens with one attached hydrogen (secondary N) is 5. The zero-order valence-corrected chi connectivity index (χ0v) is 41.5. The number of benzene rings is 2. The maximum absolute atomic E-state index is 14.5. The smallest absolute Gasteiger partial charge is 0.328 e. The van der Waals surface area contributed by atoms with Gasteiger partial charge in [-0.05, 0) is 80.5 Å². The number of amides is 4. The number of unbranched alkanes of at least 4 members (excludes halogenated alkanes) is 1. The van der Waals surface area contributed by atoms with Crippen LogP contribution in [0.5, 0.6) is 0 Å². The van der Waals surface area contributed by atoms with Gasteiger partial charge in [0.05, 0.1) is 19.5 Å². The number of imidazole rings is 1. The van der Waals surface area contributed by atoms with Crippen molar-refractivity contribution in [1.82, 2.24) is 31.2 Å². The summed E-state index contributed by atoms with van der Waals surface area (Å²) < 4.78 is 5.01. The number of hydrogen-bond acceptors (Lipinski definition) is 12. The number of aliphatic imine (C=N–C) groups is 1. The van der Waals surface area contributed by atoms with Gasteiger partial charge in [-0.3, -0.25) is 24.2 Å². The number of halogens is 4. The highest BCUT2D eigenvalue weighted by Gasteiger charge is 2.33. The molecule has 0 unspecified atom stereocenters. The van der Waals surface area contributed by atoms with Crippen LogP contribution in [0.3, 0.4) is 0 Å². The molecular formula is C45H67Cl4N13O6. The maximum atomic E-state index is 14.5. The first-order valence-corrected chi connectivity index (χ1v) is 24.6. The van der Waals surface area contributed by atoms with E-state index in [4.69, 9.17) is 74.1 Å². The molecule has 4 amide bonds. The number of ether oxygens (including phenoxy) is 1. The fourth-order valence-electron chi connectivity index (χ4n) is 7.28. The second-order valence-corrected chi connectivity index (χ2v) is 17.4. The van der Waals surface area contributed by atoms with Crippen molar-refractivity contribution in [3.63, 3.8) is 0 Å². The van der Waals surface area contributed by atoms with Gasteiger partial charge in [-0.1, -0.05) is 24.3 Å². The lowest BCUT2D eigenvalue weighted by Gasteiger charge is -2.27. The van der Waals surface area contributed by atoms with Gasteiger partial charge in [0.15, 0.2) is 5.96 Å². The molecule has 0 aliphatic rings. The van der Waals surface area contributed by atoms with E-state index in [1.54, 1.807) is 6.07 Å². The first-order valence-electron chi connectivity index (χ1n) is 22.5. The third kappa shape index (κ3) is 20.3. The van der Waals surface area contributed by atoms with Crippen LogP contribution in [-0.2, 0) is 48.0 Å². The van der Waals surface area contributed by atoms with E-state index in [0.717, 1.165) is 16.9 Å². The molecule has 3 rings (SSSR count). The summed E-state index contributed by atoms with van der Waals surface area (Å²) in [7, 11) is 1.20. The number of H-pyrrole nitrogens is 1. The molecule has 1 heterocycles. The summed E-state index contributed by atoms with van der Waals surface area (Å²) in [6, 6.07) is 9.04. The third-order valence-corrected chi connectivity index (χ3v) is 11.4. The van der Waals surface area contributed by atoms with Gasteiger partial charge in [-0.2, -0.15) is 0 Å². The molecule has 3 aromatic rings. The van der Waals surface area contributed by atoms with E-state index in [0.29, 0.717) is 80.3 Å². The molecule has 0 bridgehead atoms. The Bertz CT molecular complexity index is 2020. The van der Waals surface area contributed by atoms with Crippen molar-refractivity contribution in [2.45, 2.75) is 81.6 Å². The molecule has 68 heavy (non-hydrogen) atoms. The first-order chi connectivity index (χ1) is 32.8. The number of guanidine groups is 1. The molecular weight excluding hydrogens is 960 g/mol. The van der Waals surface area contributed by atoms with Gasteiger partial charge in [0, 0.05) is 92.4 Å². The molecule has 0 spiro atoms. The van der Waals surface area contributed by atoms with Crippen molar-refractivity contribution in [3.8, 4) is 0 Å². The predicted molar refractivity (Wildman–Crippen MR) is 270 cm³/mol. The summed E-state index contributed by atoms with van der Waals surface area (Å²) in [6.07, 6.45) is 4.53. The van der Waals surface area contributed by atoms with Crippen LogP contribution in [0.2, 0.25) is 0 Å². The Morgan fingerprint density at radius 3 is 1.69 bits per heavy atom. The van der Waals surface area contributed by atoms with Gasteiger partial charge in [-0.15, -0.1) is 46.4 Å². The third-order valence-electron chi connectivity index (χ3n) is 10.8. The van der Waals surface area contributed by atoms with Crippen LogP contribution >= 0.6 is 46.4 Å². The molecule has 0 radical (unpaired) electrons. The summed E-state index contributed by atoms with van der Waals surface area (Å²) >= 11 is 24.3. The molecule has 376 valence electrons. The monoisotopic (exact) mass is 1030 g/mol. The molecule has 2 aromatic carbocycles. The van der Waals surface area contributed by atoms with Gasteiger partial charge < -0.3 is 63.7 Å². The summed E-state index contributed by atoms with van der Waals surface area (Å²) in [5.74, 6) is -2.06. The van der Waals surface area contributed by atoms with Gasteiger partial charge in [0.25, 0.3) is 0 Å². The highest BCUT2D eigenvalue weighted by atomic mass is 35.5. The van der Waals surface area contributed by atoms with E-state index < -0.39 is 59.8 Å². The van der Waals surface area contributed by atoms with Crippen LogP contribution in [0.15, 0.2) is 66.0 Å². The van der Waals surface area contributed by atoms with E-state index in [2.05, 4.69) is 36.2 Å².